The maximum atomic E-state index is 12.2. The fraction of sp³-hybridized carbons (Fsp3) is 0.632. The zero-order valence-corrected chi connectivity index (χ0v) is 16.1. The summed E-state index contributed by atoms with van der Waals surface area (Å²) in [5.41, 5.74) is 1.05. The molecule has 3 saturated heterocycles. The molecule has 0 N–H and O–H groups in total. The first kappa shape index (κ1) is 19.4. The molecule has 1 aromatic carbocycles. The highest BCUT2D eigenvalue weighted by atomic mass is 79.9. The molecule has 24 heavy (non-hydrogen) atoms. The Hall–Kier alpha value is -0.910. The number of benzene rings is 1. The number of halogens is 1. The molecule has 3 aliphatic rings. The van der Waals surface area contributed by atoms with Crippen LogP contribution in [0.4, 0.5) is 0 Å². The largest absolute Gasteiger partial charge is 1.00 e. The smallest absolute Gasteiger partial charge is 0.312 e. The van der Waals surface area contributed by atoms with Crippen molar-refractivity contribution in [2.24, 2.45) is 5.41 Å². The number of ether oxygens (including phenoxy) is 2. The van der Waals surface area contributed by atoms with Crippen molar-refractivity contribution in [3.05, 3.63) is 35.9 Å². The number of nitrogens with zero attached hydrogens (tertiary/aromatic N) is 1. The van der Waals surface area contributed by atoms with Crippen molar-refractivity contribution in [1.29, 1.82) is 0 Å². The molecule has 0 spiro atoms. The molecule has 0 radical (unpaired) electrons. The summed E-state index contributed by atoms with van der Waals surface area (Å²) in [4.78, 5) is 12.2. The Balaban J connectivity index is 0.00000208. The Morgan fingerprint density at radius 1 is 1.12 bits per heavy atom. The van der Waals surface area contributed by atoms with Gasteiger partial charge < -0.3 is 30.9 Å². The molecule has 4 rings (SSSR count). The van der Waals surface area contributed by atoms with Crippen LogP contribution in [-0.2, 0) is 20.9 Å². The lowest BCUT2D eigenvalue weighted by atomic mass is 9.70. The summed E-state index contributed by atoms with van der Waals surface area (Å²) >= 11 is 0. The van der Waals surface area contributed by atoms with Crippen molar-refractivity contribution in [3.63, 3.8) is 0 Å². The van der Waals surface area contributed by atoms with Gasteiger partial charge in [0.25, 0.3) is 0 Å². The Bertz CT molecular complexity index is 510. The van der Waals surface area contributed by atoms with Crippen LogP contribution >= 0.6 is 0 Å². The fourth-order valence-electron chi connectivity index (χ4n) is 4.01. The van der Waals surface area contributed by atoms with E-state index < -0.39 is 0 Å². The monoisotopic (exact) mass is 397 g/mol. The van der Waals surface area contributed by atoms with E-state index in [0.717, 1.165) is 56.5 Å². The maximum Gasteiger partial charge on any atom is 0.312 e. The Labute approximate surface area is 155 Å². The van der Waals surface area contributed by atoms with Gasteiger partial charge in [-0.2, -0.15) is 0 Å². The van der Waals surface area contributed by atoms with E-state index >= 15 is 0 Å². The minimum Gasteiger partial charge on any atom is -1.00 e. The topological polar surface area (TPSA) is 35.5 Å². The lowest BCUT2D eigenvalue weighted by Crippen LogP contribution is -3.00. The van der Waals surface area contributed by atoms with Crippen LogP contribution < -0.4 is 17.0 Å². The van der Waals surface area contributed by atoms with Crippen molar-refractivity contribution >= 4 is 5.97 Å². The fourth-order valence-corrected chi connectivity index (χ4v) is 4.01. The number of quaternary nitrogens is 1. The van der Waals surface area contributed by atoms with Crippen LogP contribution in [-0.4, -0.2) is 49.8 Å². The van der Waals surface area contributed by atoms with Crippen molar-refractivity contribution in [1.82, 2.24) is 0 Å². The summed E-state index contributed by atoms with van der Waals surface area (Å²) in [7, 11) is 0. The van der Waals surface area contributed by atoms with Gasteiger partial charge in [-0.15, -0.1) is 0 Å². The second-order valence-corrected chi connectivity index (χ2v) is 7.03. The Kier molecular flexibility index (Phi) is 6.84. The van der Waals surface area contributed by atoms with Crippen LogP contribution in [0.25, 0.3) is 0 Å². The predicted molar refractivity (Wildman–Crippen MR) is 88.7 cm³/mol. The van der Waals surface area contributed by atoms with E-state index in [1.165, 1.54) is 5.56 Å². The van der Waals surface area contributed by atoms with Gasteiger partial charge in [-0.3, -0.25) is 4.79 Å². The molecule has 5 heteroatoms. The molecular weight excluding hydrogens is 370 g/mol. The molecule has 0 saturated carbocycles. The zero-order valence-electron chi connectivity index (χ0n) is 14.5. The van der Waals surface area contributed by atoms with Gasteiger partial charge in [-0.05, 0) is 12.5 Å². The van der Waals surface area contributed by atoms with Crippen LogP contribution in [0.3, 0.4) is 0 Å². The highest BCUT2D eigenvalue weighted by Gasteiger charge is 2.53. The molecule has 0 unspecified atom stereocenters. The summed E-state index contributed by atoms with van der Waals surface area (Å²) in [6.07, 6.45) is 2.93. The number of rotatable bonds is 7. The van der Waals surface area contributed by atoms with E-state index in [0.29, 0.717) is 13.2 Å². The number of esters is 1. The van der Waals surface area contributed by atoms with Gasteiger partial charge >= 0.3 is 5.97 Å². The van der Waals surface area contributed by atoms with Crippen LogP contribution in [0.5, 0.6) is 0 Å². The Morgan fingerprint density at radius 3 is 2.33 bits per heavy atom. The highest BCUT2D eigenvalue weighted by molar-refractivity contribution is 5.77. The summed E-state index contributed by atoms with van der Waals surface area (Å²) in [5.74, 6) is 0.0397. The van der Waals surface area contributed by atoms with Gasteiger partial charge in [-0.25, -0.2) is 0 Å². The second-order valence-electron chi connectivity index (χ2n) is 7.03. The summed E-state index contributed by atoms with van der Waals surface area (Å²) in [6.45, 7) is 8.20. The van der Waals surface area contributed by atoms with Crippen LogP contribution in [0, 0.1) is 5.41 Å². The minimum atomic E-state index is -0.180. The highest BCUT2D eigenvalue weighted by Crippen LogP contribution is 2.44. The van der Waals surface area contributed by atoms with Gasteiger partial charge in [0.1, 0.15) is 6.54 Å². The van der Waals surface area contributed by atoms with Gasteiger partial charge in [0.2, 0.25) is 0 Å². The van der Waals surface area contributed by atoms with E-state index in [9.17, 15) is 4.79 Å². The SMILES string of the molecule is CCOC(=O)C12CC[N+](CCOCc3ccccc3)(CC1)CC2.[Br-]. The van der Waals surface area contributed by atoms with Crippen molar-refractivity contribution < 1.29 is 35.7 Å². The number of hydrogen-bond donors (Lipinski definition) is 0. The summed E-state index contributed by atoms with van der Waals surface area (Å²) < 4.78 is 12.3. The molecule has 3 fully saturated rings. The van der Waals surface area contributed by atoms with Crippen molar-refractivity contribution in [3.8, 4) is 0 Å². The third-order valence-electron chi connectivity index (χ3n) is 5.72. The quantitative estimate of drug-likeness (QED) is 0.362. The molecule has 0 atom stereocenters. The molecule has 2 bridgehead atoms. The average molecular weight is 398 g/mol. The van der Waals surface area contributed by atoms with Gasteiger partial charge in [0.15, 0.2) is 0 Å². The van der Waals surface area contributed by atoms with Gasteiger partial charge in [-0.1, -0.05) is 30.3 Å². The normalized spacial score (nSPS) is 28.2. The molecule has 0 amide bonds. The lowest BCUT2D eigenvalue weighted by molar-refractivity contribution is -0.944. The van der Waals surface area contributed by atoms with Crippen LogP contribution in [0.2, 0.25) is 0 Å². The summed E-state index contributed by atoms with van der Waals surface area (Å²) in [5, 5.41) is 0. The molecule has 134 valence electrons. The van der Waals surface area contributed by atoms with Crippen molar-refractivity contribution in [2.75, 3.05) is 39.4 Å². The zero-order chi connectivity index (χ0) is 16.2. The van der Waals surface area contributed by atoms with Gasteiger partial charge in [0, 0.05) is 19.3 Å². The first-order valence-electron chi connectivity index (χ1n) is 8.82. The lowest BCUT2D eigenvalue weighted by Gasteiger charge is -2.53. The number of carbonyl (C=O) groups excluding carboxylic acids is 1. The molecule has 4 nitrogen and oxygen atoms in total. The predicted octanol–water partition coefficient (Wildman–Crippen LogP) is -0.229. The van der Waals surface area contributed by atoms with Gasteiger partial charge in [0.05, 0.1) is 44.9 Å². The van der Waals surface area contributed by atoms with E-state index in [1.54, 1.807) is 0 Å². The van der Waals surface area contributed by atoms with E-state index in [4.69, 9.17) is 9.47 Å². The van der Waals surface area contributed by atoms with Crippen molar-refractivity contribution in [2.45, 2.75) is 32.8 Å². The minimum absolute atomic E-state index is 0. The molecule has 0 aliphatic carbocycles. The number of fused-ring (bicyclic) bond motifs is 3. The molecule has 3 aliphatic heterocycles. The summed E-state index contributed by atoms with van der Waals surface area (Å²) in [6, 6.07) is 10.3. The van der Waals surface area contributed by atoms with Crippen LogP contribution in [0.15, 0.2) is 30.3 Å². The molecule has 1 aromatic rings. The Morgan fingerprint density at radius 2 is 1.75 bits per heavy atom. The maximum absolute atomic E-state index is 12.2. The third-order valence-corrected chi connectivity index (χ3v) is 5.72. The number of hydrogen-bond acceptors (Lipinski definition) is 3. The molecule has 0 aromatic heterocycles. The standard InChI is InChI=1S/C19H28NO3.BrH/c1-2-23-18(21)19-8-11-20(12-9-19,13-10-19)14-15-22-16-17-6-4-3-5-7-17;/h3-7H,2,8-16H2,1H3;1H/q+1;/p-1. The van der Waals surface area contributed by atoms with E-state index in [1.807, 2.05) is 25.1 Å². The first-order chi connectivity index (χ1) is 11.2. The van der Waals surface area contributed by atoms with E-state index in [-0.39, 0.29) is 28.4 Å². The molecular formula is C19H28BrNO3. The number of piperidine rings is 3. The van der Waals surface area contributed by atoms with E-state index in [2.05, 4.69) is 12.1 Å². The molecule has 3 heterocycles. The first-order valence-corrected chi connectivity index (χ1v) is 8.82. The number of carbonyl (C=O) groups is 1. The second kappa shape index (κ2) is 8.45. The third kappa shape index (κ3) is 4.19. The van der Waals surface area contributed by atoms with Crippen LogP contribution in [0.1, 0.15) is 31.7 Å². The average Bonchev–Trinajstić information content (AvgIpc) is 2.61.